The Morgan fingerprint density at radius 1 is 1.06 bits per heavy atom. The molecule has 0 aliphatic carbocycles. The van der Waals surface area contributed by atoms with Crippen LogP contribution in [-0.2, 0) is 4.74 Å². The van der Waals surface area contributed by atoms with Gasteiger partial charge in [0, 0.05) is 19.6 Å². The summed E-state index contributed by atoms with van der Waals surface area (Å²) < 4.78 is 10.9. The van der Waals surface area contributed by atoms with Gasteiger partial charge in [0.25, 0.3) is 0 Å². The van der Waals surface area contributed by atoms with Crippen LogP contribution in [0.2, 0.25) is 0 Å². The van der Waals surface area contributed by atoms with Gasteiger partial charge in [-0.05, 0) is 37.1 Å². The first-order chi connectivity index (χ1) is 7.74. The molecule has 0 aliphatic heterocycles. The number of benzene rings is 1. The molecular weight excluding hydrogens is 202 g/mol. The molecule has 1 rings (SSSR count). The summed E-state index contributed by atoms with van der Waals surface area (Å²) >= 11 is 0. The van der Waals surface area contributed by atoms with Gasteiger partial charge in [-0.1, -0.05) is 6.07 Å². The van der Waals surface area contributed by atoms with Crippen molar-refractivity contribution < 1.29 is 9.47 Å². The highest BCUT2D eigenvalue weighted by atomic mass is 16.5. The summed E-state index contributed by atoms with van der Waals surface area (Å²) in [5.41, 5.74) is 7.86. The topological polar surface area (TPSA) is 44.5 Å². The fourth-order valence-corrected chi connectivity index (χ4v) is 1.34. The van der Waals surface area contributed by atoms with Gasteiger partial charge in [-0.3, -0.25) is 0 Å². The van der Waals surface area contributed by atoms with Gasteiger partial charge in [-0.25, -0.2) is 0 Å². The van der Waals surface area contributed by atoms with Crippen molar-refractivity contribution in [3.05, 3.63) is 29.3 Å². The summed E-state index contributed by atoms with van der Waals surface area (Å²) in [6.07, 6.45) is 0.896. The van der Waals surface area contributed by atoms with Crippen LogP contribution in [0.25, 0.3) is 0 Å². The molecule has 3 heteroatoms. The van der Waals surface area contributed by atoms with Crippen molar-refractivity contribution in [2.45, 2.75) is 20.3 Å². The zero-order chi connectivity index (χ0) is 11.8. The molecule has 0 saturated heterocycles. The van der Waals surface area contributed by atoms with Gasteiger partial charge in [0.05, 0.1) is 13.2 Å². The molecular formula is C13H21NO2. The van der Waals surface area contributed by atoms with Gasteiger partial charge < -0.3 is 15.2 Å². The van der Waals surface area contributed by atoms with Crippen LogP contribution in [0.3, 0.4) is 0 Å². The van der Waals surface area contributed by atoms with Crippen LogP contribution < -0.4 is 10.5 Å². The number of hydrogen-bond acceptors (Lipinski definition) is 3. The third kappa shape index (κ3) is 4.64. The maximum atomic E-state index is 5.61. The zero-order valence-corrected chi connectivity index (χ0v) is 10.2. The van der Waals surface area contributed by atoms with Gasteiger partial charge >= 0.3 is 0 Å². The van der Waals surface area contributed by atoms with Crippen molar-refractivity contribution in [3.8, 4) is 5.75 Å². The average Bonchev–Trinajstić information content (AvgIpc) is 2.28. The van der Waals surface area contributed by atoms with E-state index in [1.807, 2.05) is 6.07 Å². The molecule has 0 heterocycles. The molecule has 16 heavy (non-hydrogen) atoms. The van der Waals surface area contributed by atoms with Gasteiger partial charge in [-0.2, -0.15) is 0 Å². The molecule has 0 aliphatic rings. The van der Waals surface area contributed by atoms with E-state index in [1.54, 1.807) is 0 Å². The lowest BCUT2D eigenvalue weighted by atomic mass is 10.1. The third-order valence-electron chi connectivity index (χ3n) is 2.44. The lowest BCUT2D eigenvalue weighted by molar-refractivity contribution is 0.126. The summed E-state index contributed by atoms with van der Waals surface area (Å²) in [7, 11) is 0. The molecule has 2 N–H and O–H groups in total. The van der Waals surface area contributed by atoms with Crippen molar-refractivity contribution in [1.29, 1.82) is 0 Å². The summed E-state index contributed by atoms with van der Waals surface area (Å²) in [4.78, 5) is 0. The summed E-state index contributed by atoms with van der Waals surface area (Å²) in [5.74, 6) is 0.932. The minimum Gasteiger partial charge on any atom is -0.493 e. The van der Waals surface area contributed by atoms with E-state index < -0.39 is 0 Å². The predicted molar refractivity (Wildman–Crippen MR) is 65.9 cm³/mol. The van der Waals surface area contributed by atoms with E-state index in [4.69, 9.17) is 15.2 Å². The molecule has 0 fully saturated rings. The predicted octanol–water partition coefficient (Wildman–Crippen LogP) is 2.05. The minimum absolute atomic E-state index is 0.581. The Labute approximate surface area is 97.6 Å². The monoisotopic (exact) mass is 223 g/mol. The highest BCUT2D eigenvalue weighted by Gasteiger charge is 1.97. The van der Waals surface area contributed by atoms with Crippen LogP contribution in [-0.4, -0.2) is 26.4 Å². The van der Waals surface area contributed by atoms with E-state index in [0.29, 0.717) is 26.4 Å². The van der Waals surface area contributed by atoms with E-state index in [0.717, 1.165) is 12.2 Å². The van der Waals surface area contributed by atoms with Crippen LogP contribution in [0.4, 0.5) is 0 Å². The first kappa shape index (κ1) is 13.0. The van der Waals surface area contributed by atoms with Crippen LogP contribution in [0.5, 0.6) is 5.75 Å². The number of aryl methyl sites for hydroxylation is 2. The van der Waals surface area contributed by atoms with Crippen molar-refractivity contribution in [3.63, 3.8) is 0 Å². The molecule has 0 atom stereocenters. The second-order valence-corrected chi connectivity index (χ2v) is 3.85. The molecule has 0 unspecified atom stereocenters. The lowest BCUT2D eigenvalue weighted by Crippen LogP contribution is -2.10. The van der Waals surface area contributed by atoms with E-state index in [-0.39, 0.29) is 0 Å². The highest BCUT2D eigenvalue weighted by Crippen LogP contribution is 2.16. The average molecular weight is 223 g/mol. The van der Waals surface area contributed by atoms with Crippen LogP contribution in [0.15, 0.2) is 18.2 Å². The van der Waals surface area contributed by atoms with Gasteiger partial charge in [-0.15, -0.1) is 0 Å². The van der Waals surface area contributed by atoms with E-state index in [9.17, 15) is 0 Å². The summed E-state index contributed by atoms with van der Waals surface area (Å²) in [6.45, 7) is 6.79. The number of ether oxygens (including phenoxy) is 2. The molecule has 0 bridgehead atoms. The van der Waals surface area contributed by atoms with E-state index >= 15 is 0 Å². The standard InChI is InChI=1S/C13H21NO2/c1-11-4-5-13(10-12(11)2)16-8-3-7-15-9-6-14/h4-5,10H,3,6-9,14H2,1-2H3. The Kier molecular flexibility index (Phi) is 5.90. The molecule has 0 saturated carbocycles. The summed E-state index contributed by atoms with van der Waals surface area (Å²) in [6, 6.07) is 6.15. The molecule has 0 aromatic heterocycles. The van der Waals surface area contributed by atoms with Gasteiger partial charge in [0.2, 0.25) is 0 Å². The fourth-order valence-electron chi connectivity index (χ4n) is 1.34. The number of rotatable bonds is 7. The van der Waals surface area contributed by atoms with Crippen LogP contribution in [0.1, 0.15) is 17.5 Å². The fraction of sp³-hybridized carbons (Fsp3) is 0.538. The Balaban J connectivity index is 2.19. The molecule has 0 amide bonds. The second-order valence-electron chi connectivity index (χ2n) is 3.85. The van der Waals surface area contributed by atoms with Gasteiger partial charge in [0.15, 0.2) is 0 Å². The highest BCUT2D eigenvalue weighted by molar-refractivity contribution is 5.33. The van der Waals surface area contributed by atoms with Gasteiger partial charge in [0.1, 0.15) is 5.75 Å². The maximum absolute atomic E-state index is 5.61. The Morgan fingerprint density at radius 3 is 2.56 bits per heavy atom. The largest absolute Gasteiger partial charge is 0.493 e. The van der Waals surface area contributed by atoms with Crippen molar-refractivity contribution in [2.75, 3.05) is 26.4 Å². The lowest BCUT2D eigenvalue weighted by Gasteiger charge is -2.08. The number of nitrogens with two attached hydrogens (primary N) is 1. The first-order valence-electron chi connectivity index (χ1n) is 5.72. The normalized spacial score (nSPS) is 10.4. The Bertz CT molecular complexity index is 313. The van der Waals surface area contributed by atoms with Crippen molar-refractivity contribution in [2.24, 2.45) is 5.73 Å². The van der Waals surface area contributed by atoms with E-state index in [2.05, 4.69) is 26.0 Å². The van der Waals surface area contributed by atoms with Crippen molar-refractivity contribution in [1.82, 2.24) is 0 Å². The quantitative estimate of drug-likeness (QED) is 0.719. The Hall–Kier alpha value is -1.06. The molecule has 1 aromatic rings. The first-order valence-corrected chi connectivity index (χ1v) is 5.72. The van der Waals surface area contributed by atoms with E-state index in [1.165, 1.54) is 11.1 Å². The zero-order valence-electron chi connectivity index (χ0n) is 10.2. The smallest absolute Gasteiger partial charge is 0.119 e. The molecule has 0 radical (unpaired) electrons. The van der Waals surface area contributed by atoms with Crippen LogP contribution >= 0.6 is 0 Å². The number of hydrogen-bond donors (Lipinski definition) is 1. The SMILES string of the molecule is Cc1ccc(OCCCOCCN)cc1C. The molecule has 1 aromatic carbocycles. The molecule has 0 spiro atoms. The minimum atomic E-state index is 0.581. The maximum Gasteiger partial charge on any atom is 0.119 e. The molecule has 3 nitrogen and oxygen atoms in total. The van der Waals surface area contributed by atoms with Crippen molar-refractivity contribution >= 4 is 0 Å². The Morgan fingerprint density at radius 2 is 1.88 bits per heavy atom. The summed E-state index contributed by atoms with van der Waals surface area (Å²) in [5, 5.41) is 0. The molecule has 90 valence electrons. The third-order valence-corrected chi connectivity index (χ3v) is 2.44. The second kappa shape index (κ2) is 7.25. The van der Waals surface area contributed by atoms with Crippen LogP contribution in [0, 0.1) is 13.8 Å².